The van der Waals surface area contributed by atoms with Crippen LogP contribution < -0.4 is 9.80 Å². The summed E-state index contributed by atoms with van der Waals surface area (Å²) in [5, 5.41) is 0. The molecule has 0 spiro atoms. The van der Waals surface area contributed by atoms with Gasteiger partial charge in [-0.15, -0.1) is 0 Å². The molecule has 136 valence electrons. The fourth-order valence-corrected chi connectivity index (χ4v) is 4.15. The van der Waals surface area contributed by atoms with Crippen LogP contribution >= 0.6 is 0 Å². The molecular formula is C19H26F2N4. The Balaban J connectivity index is 1.61. The number of allylic oxidation sites excluding steroid dienone is 1. The van der Waals surface area contributed by atoms with E-state index in [2.05, 4.69) is 30.2 Å². The highest BCUT2D eigenvalue weighted by Gasteiger charge is 2.44. The predicted octanol–water partition coefficient (Wildman–Crippen LogP) is 3.24. The van der Waals surface area contributed by atoms with E-state index in [1.807, 2.05) is 6.07 Å². The van der Waals surface area contributed by atoms with Crippen LogP contribution in [0.25, 0.3) is 5.57 Å². The lowest BCUT2D eigenvalue weighted by atomic mass is 10.0. The first-order valence-electron chi connectivity index (χ1n) is 9.16. The Kier molecular flexibility index (Phi) is 3.98. The van der Waals surface area contributed by atoms with Crippen molar-refractivity contribution in [3.05, 3.63) is 24.4 Å². The lowest BCUT2D eigenvalue weighted by molar-refractivity contribution is -0.0262. The van der Waals surface area contributed by atoms with Crippen molar-refractivity contribution < 1.29 is 8.78 Å². The highest BCUT2D eigenvalue weighted by Crippen LogP contribution is 2.39. The quantitative estimate of drug-likeness (QED) is 0.818. The Hall–Kier alpha value is -1.69. The summed E-state index contributed by atoms with van der Waals surface area (Å²) in [6, 6.07) is 3.01. The molecule has 0 aromatic carbocycles. The van der Waals surface area contributed by atoms with E-state index in [1.54, 1.807) is 11.1 Å². The number of anilines is 2. The molecule has 3 aliphatic heterocycles. The average molecular weight is 348 g/mol. The summed E-state index contributed by atoms with van der Waals surface area (Å²) in [5.41, 5.74) is 2.89. The van der Waals surface area contributed by atoms with Gasteiger partial charge in [-0.25, -0.2) is 13.8 Å². The molecular weight excluding hydrogens is 322 g/mol. The number of nitrogens with zero attached hydrogens (tertiary/aromatic N) is 4. The Labute approximate surface area is 148 Å². The Morgan fingerprint density at radius 1 is 1.28 bits per heavy atom. The molecule has 0 amide bonds. The zero-order chi connectivity index (χ0) is 17.8. The first kappa shape index (κ1) is 16.8. The third-order valence-electron chi connectivity index (χ3n) is 5.74. The maximum atomic E-state index is 13.2. The second-order valence-electron chi connectivity index (χ2n) is 7.85. The first-order valence-corrected chi connectivity index (χ1v) is 9.16. The number of pyridine rings is 1. The molecule has 4 nitrogen and oxygen atoms in total. The largest absolute Gasteiger partial charge is 0.358 e. The molecule has 1 atom stereocenters. The van der Waals surface area contributed by atoms with Crippen LogP contribution in [0, 0.1) is 0 Å². The van der Waals surface area contributed by atoms with Gasteiger partial charge in [-0.2, -0.15) is 0 Å². The molecule has 1 aromatic heterocycles. The van der Waals surface area contributed by atoms with E-state index in [0.29, 0.717) is 12.1 Å². The van der Waals surface area contributed by atoms with Gasteiger partial charge in [0.15, 0.2) is 0 Å². The highest BCUT2D eigenvalue weighted by molar-refractivity contribution is 5.77. The van der Waals surface area contributed by atoms with Gasteiger partial charge in [0.25, 0.3) is 5.92 Å². The molecule has 0 bridgehead atoms. The van der Waals surface area contributed by atoms with Gasteiger partial charge in [0.05, 0.1) is 25.0 Å². The van der Waals surface area contributed by atoms with Crippen molar-refractivity contribution in [1.29, 1.82) is 0 Å². The molecule has 4 rings (SSSR count). The van der Waals surface area contributed by atoms with E-state index in [9.17, 15) is 8.78 Å². The summed E-state index contributed by atoms with van der Waals surface area (Å²) in [5.74, 6) is -1.59. The van der Waals surface area contributed by atoms with Gasteiger partial charge in [-0.1, -0.05) is 6.58 Å². The van der Waals surface area contributed by atoms with Crippen molar-refractivity contribution >= 4 is 17.1 Å². The SMILES string of the molecule is C=C1CC[C@H]2CN(C(C)C)CCN2c2ncc(N3CC(F)(F)C3)cc21. The lowest BCUT2D eigenvalue weighted by Gasteiger charge is -2.44. The summed E-state index contributed by atoms with van der Waals surface area (Å²) in [6.07, 6.45) is 3.75. The molecule has 0 aliphatic carbocycles. The second kappa shape index (κ2) is 5.94. The van der Waals surface area contributed by atoms with Crippen LogP contribution in [0.2, 0.25) is 0 Å². The minimum atomic E-state index is -2.57. The van der Waals surface area contributed by atoms with Gasteiger partial charge in [-0.3, -0.25) is 4.90 Å². The van der Waals surface area contributed by atoms with E-state index < -0.39 is 5.92 Å². The third-order valence-corrected chi connectivity index (χ3v) is 5.74. The van der Waals surface area contributed by atoms with Crippen molar-refractivity contribution in [3.63, 3.8) is 0 Å². The molecule has 0 radical (unpaired) electrons. The third kappa shape index (κ3) is 3.01. The van der Waals surface area contributed by atoms with E-state index in [4.69, 9.17) is 4.98 Å². The van der Waals surface area contributed by atoms with Crippen LogP contribution in [0.1, 0.15) is 32.3 Å². The zero-order valence-electron chi connectivity index (χ0n) is 15.0. The minimum Gasteiger partial charge on any atom is -0.358 e. The summed E-state index contributed by atoms with van der Waals surface area (Å²) < 4.78 is 26.4. The Morgan fingerprint density at radius 2 is 2.04 bits per heavy atom. The van der Waals surface area contributed by atoms with Crippen molar-refractivity contribution in [3.8, 4) is 0 Å². The van der Waals surface area contributed by atoms with Crippen LogP contribution in [0.15, 0.2) is 18.8 Å². The molecule has 25 heavy (non-hydrogen) atoms. The summed E-state index contributed by atoms with van der Waals surface area (Å²) in [4.78, 5) is 11.3. The van der Waals surface area contributed by atoms with Crippen molar-refractivity contribution in [2.24, 2.45) is 0 Å². The van der Waals surface area contributed by atoms with Crippen molar-refractivity contribution in [1.82, 2.24) is 9.88 Å². The fourth-order valence-electron chi connectivity index (χ4n) is 4.15. The van der Waals surface area contributed by atoms with E-state index in [0.717, 1.165) is 55.1 Å². The van der Waals surface area contributed by atoms with Gasteiger partial charge in [0.1, 0.15) is 5.82 Å². The molecule has 1 aromatic rings. The molecule has 0 N–H and O–H groups in total. The number of piperazine rings is 1. The van der Waals surface area contributed by atoms with Crippen LogP contribution in [0.3, 0.4) is 0 Å². The normalized spacial score (nSPS) is 26.1. The van der Waals surface area contributed by atoms with Crippen LogP contribution in [0.5, 0.6) is 0 Å². The topological polar surface area (TPSA) is 22.6 Å². The lowest BCUT2D eigenvalue weighted by Crippen LogP contribution is -2.56. The van der Waals surface area contributed by atoms with E-state index >= 15 is 0 Å². The van der Waals surface area contributed by atoms with Gasteiger partial charge >= 0.3 is 0 Å². The Morgan fingerprint density at radius 3 is 2.72 bits per heavy atom. The second-order valence-corrected chi connectivity index (χ2v) is 7.85. The molecule has 2 saturated heterocycles. The van der Waals surface area contributed by atoms with Crippen LogP contribution in [-0.2, 0) is 0 Å². The molecule has 0 unspecified atom stereocenters. The van der Waals surface area contributed by atoms with Gasteiger partial charge in [0, 0.05) is 37.3 Å². The average Bonchev–Trinajstić information content (AvgIpc) is 2.69. The first-order chi connectivity index (χ1) is 11.8. The number of hydrogen-bond acceptors (Lipinski definition) is 4. The van der Waals surface area contributed by atoms with E-state index in [-0.39, 0.29) is 13.1 Å². The van der Waals surface area contributed by atoms with Gasteiger partial charge in [0.2, 0.25) is 0 Å². The fraction of sp³-hybridized carbons (Fsp3) is 0.632. The number of aromatic nitrogens is 1. The summed E-state index contributed by atoms with van der Waals surface area (Å²) >= 11 is 0. The summed E-state index contributed by atoms with van der Waals surface area (Å²) in [7, 11) is 0. The summed E-state index contributed by atoms with van der Waals surface area (Å²) in [6.45, 7) is 11.3. The van der Waals surface area contributed by atoms with Crippen molar-refractivity contribution in [2.45, 2.75) is 44.7 Å². The number of fused-ring (bicyclic) bond motifs is 3. The van der Waals surface area contributed by atoms with E-state index in [1.165, 1.54) is 0 Å². The number of alkyl halides is 2. The smallest absolute Gasteiger partial charge is 0.282 e. The van der Waals surface area contributed by atoms with Gasteiger partial charge in [-0.05, 0) is 38.3 Å². The maximum Gasteiger partial charge on any atom is 0.282 e. The predicted molar refractivity (Wildman–Crippen MR) is 97.5 cm³/mol. The van der Waals surface area contributed by atoms with Crippen molar-refractivity contribution in [2.75, 3.05) is 42.5 Å². The number of hydrogen-bond donors (Lipinski definition) is 0. The zero-order valence-corrected chi connectivity index (χ0v) is 15.0. The maximum absolute atomic E-state index is 13.2. The van der Waals surface area contributed by atoms with Crippen LogP contribution in [0.4, 0.5) is 20.3 Å². The monoisotopic (exact) mass is 348 g/mol. The van der Waals surface area contributed by atoms with Gasteiger partial charge < -0.3 is 9.80 Å². The minimum absolute atomic E-state index is 0.213. The standard InChI is InChI=1S/C19H26F2N4/c1-13(2)23-6-7-25-15(10-23)5-4-14(3)17-8-16(9-22-18(17)25)24-11-19(20,21)12-24/h8-9,13,15H,3-7,10-12H2,1-2H3/t15-/m0/s1. The number of rotatable bonds is 2. The highest BCUT2D eigenvalue weighted by atomic mass is 19.3. The molecule has 2 fully saturated rings. The number of halogens is 2. The molecule has 6 heteroatoms. The molecule has 4 heterocycles. The van der Waals surface area contributed by atoms with Crippen LogP contribution in [-0.4, -0.2) is 60.6 Å². The Bertz CT molecular complexity index is 680. The molecule has 0 saturated carbocycles. The molecule has 3 aliphatic rings.